The highest BCUT2D eigenvalue weighted by Crippen LogP contribution is 2.33. The minimum Gasteiger partial charge on any atom is -0.297 e. The predicted octanol–water partition coefficient (Wildman–Crippen LogP) is 7.51. The number of hydrogen-bond acceptors (Lipinski definition) is 4. The summed E-state index contributed by atoms with van der Waals surface area (Å²) in [6.07, 6.45) is 30.7. The lowest BCUT2D eigenvalue weighted by molar-refractivity contribution is 0.277. The number of fused-ring (bicyclic) bond motifs is 8. The fraction of sp³-hybridized carbons (Fsp3) is 0.875. The lowest BCUT2D eigenvalue weighted by Gasteiger charge is -2.29. The molecule has 5 rings (SSSR count). The Kier molecular flexibility index (Phi) is 10.2. The third-order valence-corrected chi connectivity index (χ3v) is 10.0. The minimum absolute atomic E-state index is 0.668. The van der Waals surface area contributed by atoms with Crippen molar-refractivity contribution in [2.24, 2.45) is 67.3 Å². The fourth-order valence-electron chi connectivity index (χ4n) is 7.98. The molecule has 0 spiro atoms. The van der Waals surface area contributed by atoms with E-state index in [4.69, 9.17) is 20.0 Å². The third kappa shape index (κ3) is 8.35. The van der Waals surface area contributed by atoms with Gasteiger partial charge in [-0.1, -0.05) is 25.7 Å². The van der Waals surface area contributed by atoms with Crippen LogP contribution < -0.4 is 0 Å². The average molecular weight is 493 g/mol. The predicted molar refractivity (Wildman–Crippen MR) is 155 cm³/mol. The Morgan fingerprint density at radius 3 is 0.917 bits per heavy atom. The van der Waals surface area contributed by atoms with Crippen LogP contribution in [0, 0.1) is 47.3 Å². The maximum atomic E-state index is 5.01. The van der Waals surface area contributed by atoms with Crippen LogP contribution in [-0.4, -0.2) is 51.0 Å². The van der Waals surface area contributed by atoms with E-state index in [2.05, 4.69) is 24.9 Å². The second kappa shape index (κ2) is 14.0. The monoisotopic (exact) mass is 492 g/mol. The molecule has 0 saturated heterocycles. The molecule has 200 valence electrons. The van der Waals surface area contributed by atoms with Crippen molar-refractivity contribution in [2.45, 2.75) is 103 Å². The van der Waals surface area contributed by atoms with Crippen LogP contribution >= 0.6 is 0 Å². The average Bonchev–Trinajstić information content (AvgIpc) is 2.90. The first-order chi connectivity index (χ1) is 17.8. The van der Waals surface area contributed by atoms with E-state index in [1.165, 1.54) is 103 Å². The van der Waals surface area contributed by atoms with Crippen LogP contribution in [0.4, 0.5) is 0 Å². The van der Waals surface area contributed by atoms with Crippen molar-refractivity contribution in [2.75, 3.05) is 26.2 Å². The molecule has 5 aliphatic rings. The quantitative estimate of drug-likeness (QED) is 0.336. The van der Waals surface area contributed by atoms with Crippen molar-refractivity contribution >= 4 is 24.9 Å². The zero-order chi connectivity index (χ0) is 24.4. The van der Waals surface area contributed by atoms with Crippen molar-refractivity contribution in [3.63, 3.8) is 0 Å². The lowest BCUT2D eigenvalue weighted by Crippen LogP contribution is -2.23. The van der Waals surface area contributed by atoms with Gasteiger partial charge in [-0.05, 0) is 124 Å². The van der Waals surface area contributed by atoms with Gasteiger partial charge in [-0.25, -0.2) is 0 Å². The molecule has 8 atom stereocenters. The van der Waals surface area contributed by atoms with Crippen molar-refractivity contribution in [1.29, 1.82) is 0 Å². The van der Waals surface area contributed by atoms with Gasteiger partial charge in [0, 0.05) is 51.0 Å². The Morgan fingerprint density at radius 2 is 0.611 bits per heavy atom. The van der Waals surface area contributed by atoms with E-state index in [1.54, 1.807) is 0 Å². The fourth-order valence-corrected chi connectivity index (χ4v) is 7.98. The van der Waals surface area contributed by atoms with Crippen LogP contribution in [0.15, 0.2) is 20.0 Å². The summed E-state index contributed by atoms with van der Waals surface area (Å²) in [4.78, 5) is 20.0. The Hall–Kier alpha value is -1.32. The molecule has 0 N–H and O–H groups in total. The normalized spacial score (nSPS) is 40.9. The van der Waals surface area contributed by atoms with Crippen LogP contribution in [0.25, 0.3) is 0 Å². The molecule has 8 unspecified atom stereocenters. The first-order valence-electron chi connectivity index (χ1n) is 15.8. The summed E-state index contributed by atoms with van der Waals surface area (Å²) in [6, 6.07) is 0. The Labute approximate surface area is 221 Å². The summed E-state index contributed by atoms with van der Waals surface area (Å²) in [5.41, 5.74) is 0. The zero-order valence-electron chi connectivity index (χ0n) is 22.9. The van der Waals surface area contributed by atoms with E-state index in [0.717, 1.165) is 49.9 Å². The van der Waals surface area contributed by atoms with Gasteiger partial charge in [0.1, 0.15) is 0 Å². The van der Waals surface area contributed by atoms with E-state index < -0.39 is 0 Å². The molecule has 36 heavy (non-hydrogen) atoms. The van der Waals surface area contributed by atoms with Crippen LogP contribution in [-0.2, 0) is 0 Å². The minimum atomic E-state index is 0.668. The highest BCUT2D eigenvalue weighted by atomic mass is 14.8. The maximum absolute atomic E-state index is 5.01. The molecule has 0 aromatic heterocycles. The van der Waals surface area contributed by atoms with Crippen molar-refractivity contribution in [1.82, 2.24) is 0 Å². The number of aliphatic imine (C=N–C) groups is 4. The van der Waals surface area contributed by atoms with Crippen molar-refractivity contribution in [3.8, 4) is 0 Å². The van der Waals surface area contributed by atoms with E-state index in [9.17, 15) is 0 Å². The molecular weight excluding hydrogens is 440 g/mol. The third-order valence-electron chi connectivity index (χ3n) is 10.0. The Balaban J connectivity index is 1.22. The van der Waals surface area contributed by atoms with Gasteiger partial charge in [-0.3, -0.25) is 20.0 Å². The van der Waals surface area contributed by atoms with Crippen LogP contribution in [0.5, 0.6) is 0 Å². The molecule has 4 fully saturated rings. The highest BCUT2D eigenvalue weighted by Gasteiger charge is 2.25. The van der Waals surface area contributed by atoms with Gasteiger partial charge in [0.05, 0.1) is 0 Å². The Bertz CT molecular complexity index is 650. The maximum Gasteiger partial charge on any atom is 0.0413 e. The molecule has 0 aromatic carbocycles. The van der Waals surface area contributed by atoms with Gasteiger partial charge in [0.2, 0.25) is 0 Å². The summed E-state index contributed by atoms with van der Waals surface area (Å²) in [6.45, 7) is 4.17. The summed E-state index contributed by atoms with van der Waals surface area (Å²) >= 11 is 0. The van der Waals surface area contributed by atoms with Gasteiger partial charge in [0.15, 0.2) is 0 Å². The largest absolute Gasteiger partial charge is 0.297 e. The van der Waals surface area contributed by atoms with Crippen molar-refractivity contribution in [3.05, 3.63) is 0 Å². The van der Waals surface area contributed by atoms with Crippen LogP contribution in [0.2, 0.25) is 0 Å². The van der Waals surface area contributed by atoms with E-state index in [-0.39, 0.29) is 0 Å². The zero-order valence-corrected chi connectivity index (χ0v) is 22.9. The van der Waals surface area contributed by atoms with Gasteiger partial charge in [0.25, 0.3) is 0 Å². The van der Waals surface area contributed by atoms with Crippen LogP contribution in [0.3, 0.4) is 0 Å². The molecule has 1 aliphatic heterocycles. The molecule has 8 bridgehead atoms. The van der Waals surface area contributed by atoms with Gasteiger partial charge >= 0.3 is 0 Å². The van der Waals surface area contributed by atoms with Crippen LogP contribution in [0.1, 0.15) is 103 Å². The smallest absolute Gasteiger partial charge is 0.0413 e. The molecule has 1 heterocycles. The van der Waals surface area contributed by atoms with Crippen molar-refractivity contribution < 1.29 is 0 Å². The molecule has 4 saturated carbocycles. The number of rotatable bonds is 0. The van der Waals surface area contributed by atoms with E-state index >= 15 is 0 Å². The molecular formula is C32H52N4. The van der Waals surface area contributed by atoms with Gasteiger partial charge < -0.3 is 0 Å². The summed E-state index contributed by atoms with van der Waals surface area (Å²) < 4.78 is 0. The second-order valence-corrected chi connectivity index (χ2v) is 13.2. The molecule has 4 nitrogen and oxygen atoms in total. The molecule has 0 aromatic rings. The standard InChI is InChI=1S/C32H52N4/c1-5-25-13-26(6-1)18-34-20-28-8-3-10-30(15-28)22-36-24-32-12-4-11-31(16-32)23-35-21-29-9-2-7-27(14-29)19-33-17-25/h17-18,23-32H,1-16,19-22H2. The topological polar surface area (TPSA) is 49.4 Å². The molecule has 0 amide bonds. The molecule has 4 aliphatic carbocycles. The first-order valence-corrected chi connectivity index (χ1v) is 15.8. The van der Waals surface area contributed by atoms with Gasteiger partial charge in [-0.15, -0.1) is 0 Å². The highest BCUT2D eigenvalue weighted by molar-refractivity contribution is 5.66. The van der Waals surface area contributed by atoms with E-state index in [1.807, 2.05) is 0 Å². The summed E-state index contributed by atoms with van der Waals surface area (Å²) in [5.74, 6) is 5.77. The van der Waals surface area contributed by atoms with E-state index in [0.29, 0.717) is 23.7 Å². The second-order valence-electron chi connectivity index (χ2n) is 13.2. The lowest BCUT2D eigenvalue weighted by atomic mass is 9.80. The SMILES string of the molecule is C1=NCC2CCCC(CN=CC3CCCC(C=NCC4CCCC(CN=CC5CCCC1C5)C4)C3)C2. The number of nitrogens with zero attached hydrogens (tertiary/aromatic N) is 4. The summed E-state index contributed by atoms with van der Waals surface area (Å²) in [5, 5.41) is 0. The molecule has 0 radical (unpaired) electrons. The Morgan fingerprint density at radius 1 is 0.333 bits per heavy atom. The number of hydrogen-bond donors (Lipinski definition) is 0. The van der Waals surface area contributed by atoms with Gasteiger partial charge in [-0.2, -0.15) is 0 Å². The molecule has 4 heteroatoms. The first kappa shape index (κ1) is 26.3. The summed E-state index contributed by atoms with van der Waals surface area (Å²) in [7, 11) is 0.